The summed E-state index contributed by atoms with van der Waals surface area (Å²) in [4.78, 5) is 12.2. The van der Waals surface area contributed by atoms with Gasteiger partial charge in [0.1, 0.15) is 5.82 Å². The van der Waals surface area contributed by atoms with Gasteiger partial charge in [-0.1, -0.05) is 225 Å². The van der Waals surface area contributed by atoms with Gasteiger partial charge in [-0.2, -0.15) is 12.1 Å². The molecule has 1 aliphatic heterocycles. The molecule has 82 heavy (non-hydrogen) atoms. The van der Waals surface area contributed by atoms with E-state index >= 15 is 0 Å². The number of anilines is 7. The van der Waals surface area contributed by atoms with Crippen LogP contribution in [0.1, 0.15) is 155 Å². The molecule has 3 heterocycles. The van der Waals surface area contributed by atoms with Gasteiger partial charge in [0, 0.05) is 66.4 Å². The van der Waals surface area contributed by atoms with E-state index in [1.807, 2.05) is 6.20 Å². The number of pyridine rings is 1. The van der Waals surface area contributed by atoms with Crippen LogP contribution in [0.4, 0.5) is 39.8 Å². The fraction of sp³-hybridized carbons (Fsp3) is 0.289. The topological polar surface area (TPSA) is 27.5 Å². The van der Waals surface area contributed by atoms with E-state index in [1.165, 1.54) is 44.5 Å². The summed E-state index contributed by atoms with van der Waals surface area (Å²) in [5, 5.41) is 2.27. The van der Waals surface area contributed by atoms with Crippen LogP contribution in [0.25, 0.3) is 27.6 Å². The fourth-order valence-corrected chi connectivity index (χ4v) is 11.5. The van der Waals surface area contributed by atoms with Crippen molar-refractivity contribution in [1.82, 2.24) is 9.55 Å². The van der Waals surface area contributed by atoms with Crippen LogP contribution in [0.5, 0.6) is 0 Å². The Morgan fingerprint density at radius 2 is 0.915 bits per heavy atom. The van der Waals surface area contributed by atoms with Crippen LogP contribution in [0.2, 0.25) is 0 Å². The number of hydrogen-bond donors (Lipinski definition) is 0. The summed E-state index contributed by atoms with van der Waals surface area (Å²) >= 11 is 0. The van der Waals surface area contributed by atoms with Gasteiger partial charge in [0.05, 0.1) is 0 Å². The Morgan fingerprint density at radius 1 is 0.402 bits per heavy atom. The molecule has 0 aliphatic carbocycles. The van der Waals surface area contributed by atoms with Crippen LogP contribution in [-0.4, -0.2) is 9.55 Å². The summed E-state index contributed by atoms with van der Waals surface area (Å²) in [6, 6.07) is 75.1. The summed E-state index contributed by atoms with van der Waals surface area (Å²) in [5.74, 6) is 0.849. The Balaban J connectivity index is 0.00000753. The second-order valence-electron chi connectivity index (χ2n) is 27.7. The predicted molar refractivity (Wildman–Crippen MR) is 344 cm³/mol. The molecule has 6 heteroatoms. The van der Waals surface area contributed by atoms with Crippen LogP contribution >= 0.6 is 0 Å². The molecule has 8 aromatic carbocycles. The molecule has 0 saturated heterocycles. The van der Waals surface area contributed by atoms with E-state index in [-0.39, 0.29) is 53.6 Å². The molecule has 11 rings (SSSR count). The van der Waals surface area contributed by atoms with Crippen LogP contribution < -0.4 is 14.7 Å². The SMILES string of the molecule is CC(C)(C)c1cc(N2[CH-]N(c3[c-]c(N(c4[c-]c5c(cc4)c4cc(C(C)(C)c6ccccc6)ccc4n5-c4cc(C(C)(C)c5cc(C(C)(C)C)cc(C(C)(C)C)c5)ccn4)c4ccccc4)ccc3)c3ccccc32)cc(C(C)(C)C)c1.[Pt]. The van der Waals surface area contributed by atoms with Gasteiger partial charge >= 0.3 is 0 Å². The number of rotatable bonds is 10. The minimum Gasteiger partial charge on any atom is -0.493 e. The minimum atomic E-state index is -0.347. The largest absolute Gasteiger partial charge is 0.493 e. The molecule has 0 unspecified atom stereocenters. The van der Waals surface area contributed by atoms with Crippen molar-refractivity contribution in [2.75, 3.05) is 14.7 Å². The first-order valence-electron chi connectivity index (χ1n) is 28.9. The Bertz CT molecular complexity index is 3900. The molecule has 0 spiro atoms. The fourth-order valence-electron chi connectivity index (χ4n) is 11.5. The summed E-state index contributed by atoms with van der Waals surface area (Å²) in [7, 11) is 0. The van der Waals surface area contributed by atoms with Crippen LogP contribution in [0.15, 0.2) is 188 Å². The number of hydrogen-bond acceptors (Lipinski definition) is 4. The Labute approximate surface area is 504 Å². The van der Waals surface area contributed by atoms with Crippen molar-refractivity contribution in [3.8, 4) is 5.82 Å². The van der Waals surface area contributed by atoms with E-state index in [1.54, 1.807) is 0 Å². The van der Waals surface area contributed by atoms with Crippen molar-refractivity contribution in [2.45, 2.75) is 143 Å². The van der Waals surface area contributed by atoms with Crippen molar-refractivity contribution >= 4 is 61.6 Å². The van der Waals surface area contributed by atoms with Crippen LogP contribution in [0, 0.1) is 18.8 Å². The smallest absolute Gasteiger partial charge is 0.135 e. The van der Waals surface area contributed by atoms with E-state index in [4.69, 9.17) is 4.98 Å². The molecule has 0 saturated carbocycles. The maximum Gasteiger partial charge on any atom is 0.135 e. The Kier molecular flexibility index (Phi) is 15.0. The first-order chi connectivity index (χ1) is 38.2. The van der Waals surface area contributed by atoms with Crippen molar-refractivity contribution in [3.63, 3.8) is 0 Å². The number of benzene rings is 8. The molecule has 0 atom stereocenters. The van der Waals surface area contributed by atoms with Crippen molar-refractivity contribution in [1.29, 1.82) is 0 Å². The quantitative estimate of drug-likeness (QED) is 0.128. The van der Waals surface area contributed by atoms with Crippen molar-refractivity contribution in [3.05, 3.63) is 251 Å². The summed E-state index contributed by atoms with van der Waals surface area (Å²) in [6.07, 6.45) is 2.00. The van der Waals surface area contributed by atoms with E-state index in [0.29, 0.717) is 0 Å². The third-order valence-electron chi connectivity index (χ3n) is 17.0. The summed E-state index contributed by atoms with van der Waals surface area (Å²) in [5.41, 5.74) is 18.8. The molecule has 422 valence electrons. The van der Waals surface area contributed by atoms with Crippen LogP contribution in [-0.2, 0) is 53.6 Å². The number of fused-ring (bicyclic) bond motifs is 4. The van der Waals surface area contributed by atoms with Gasteiger partial charge in [0.15, 0.2) is 0 Å². The summed E-state index contributed by atoms with van der Waals surface area (Å²) in [6.45, 7) is 39.3. The zero-order valence-electron chi connectivity index (χ0n) is 51.0. The normalized spacial score (nSPS) is 13.4. The minimum absolute atomic E-state index is 0. The molecule has 5 nitrogen and oxygen atoms in total. The Hall–Kier alpha value is -7.20. The Morgan fingerprint density at radius 3 is 1.51 bits per heavy atom. The van der Waals surface area contributed by atoms with Gasteiger partial charge in [-0.05, 0) is 126 Å². The number of nitrogens with zero attached hydrogens (tertiary/aromatic N) is 5. The molecule has 0 bridgehead atoms. The van der Waals surface area contributed by atoms with E-state index < -0.39 is 0 Å². The maximum atomic E-state index is 5.26. The van der Waals surface area contributed by atoms with E-state index in [0.717, 1.165) is 67.4 Å². The molecule has 10 aromatic rings. The van der Waals surface area contributed by atoms with E-state index in [2.05, 4.69) is 331 Å². The molecular formula is C76H80N5Pt-3. The molecule has 1 aliphatic rings. The van der Waals surface area contributed by atoms with Gasteiger partial charge in [-0.3, -0.25) is 0 Å². The summed E-state index contributed by atoms with van der Waals surface area (Å²) < 4.78 is 2.34. The number of para-hydroxylation sites is 3. The van der Waals surface area contributed by atoms with Crippen molar-refractivity contribution < 1.29 is 21.1 Å². The predicted octanol–water partition coefficient (Wildman–Crippen LogP) is 20.5. The van der Waals surface area contributed by atoms with Gasteiger partial charge in [0.25, 0.3) is 0 Å². The van der Waals surface area contributed by atoms with E-state index in [9.17, 15) is 0 Å². The molecule has 2 aromatic heterocycles. The van der Waals surface area contributed by atoms with Gasteiger partial charge in [-0.25, -0.2) is 4.98 Å². The average molecular weight is 1260 g/mol. The zero-order valence-corrected chi connectivity index (χ0v) is 53.3. The van der Waals surface area contributed by atoms with Gasteiger partial charge < -0.3 is 19.3 Å². The second-order valence-corrected chi connectivity index (χ2v) is 27.7. The third-order valence-corrected chi connectivity index (χ3v) is 17.0. The third kappa shape index (κ3) is 10.9. The monoisotopic (exact) mass is 1260 g/mol. The van der Waals surface area contributed by atoms with Crippen LogP contribution in [0.3, 0.4) is 0 Å². The maximum absolute atomic E-state index is 5.26. The van der Waals surface area contributed by atoms with Gasteiger partial charge in [0.2, 0.25) is 0 Å². The van der Waals surface area contributed by atoms with Crippen molar-refractivity contribution in [2.24, 2.45) is 0 Å². The number of aromatic nitrogens is 2. The molecular weight excluding hydrogens is 1180 g/mol. The molecule has 0 amide bonds. The zero-order chi connectivity index (χ0) is 57.6. The first-order valence-corrected chi connectivity index (χ1v) is 28.9. The molecule has 0 radical (unpaired) electrons. The average Bonchev–Trinajstić information content (AvgIpc) is 4.22. The molecule has 0 N–H and O–H groups in total. The first kappa shape index (κ1) is 58.0. The molecule has 0 fully saturated rings. The standard InChI is InChI=1S/C76H80N5.Pt/c1-71(2,3)54-40-55(72(4,5)6)43-58(42-54)76(15,16)53-38-39-77-70(47-53)81-66-37-34-52(75(13,14)51-26-19-17-20-27-51)46-65(66)64-36-35-62(49-69(64)81)80(59-28-21-18-22-29-59)61-31-25-30-60(48-61)78-50-79(68-33-24-23-32-67(68)78)63-44-56(73(7,8)9)41-57(45-63)74(10,11)12;/h17-47,50H,1-16H3;/q-3;. The second kappa shape index (κ2) is 21.2. The van der Waals surface area contributed by atoms with Gasteiger partial charge in [-0.15, -0.1) is 48.1 Å².